The number of hydrogen-bond donors (Lipinski definition) is 2. The maximum atomic E-state index is 10.2. The Morgan fingerprint density at radius 2 is 1.91 bits per heavy atom. The van der Waals surface area contributed by atoms with Crippen LogP contribution in [-0.2, 0) is 0 Å². The molecule has 4 rings (SSSR count). The average molecular weight is 291 g/mol. The van der Waals surface area contributed by atoms with E-state index in [1.54, 1.807) is 6.07 Å². The zero-order chi connectivity index (χ0) is 15.3. The fraction of sp³-hybridized carbons (Fsp3) is 0.167. The number of para-hydroxylation sites is 2. The number of phenolic OH excluding ortho intramolecular Hbond substituents is 1. The van der Waals surface area contributed by atoms with Gasteiger partial charge < -0.3 is 10.4 Å². The highest BCUT2D eigenvalue weighted by Gasteiger charge is 2.28. The summed E-state index contributed by atoms with van der Waals surface area (Å²) < 4.78 is 1.95. The summed E-state index contributed by atoms with van der Waals surface area (Å²) in [5.41, 5.74) is 6.29. The van der Waals surface area contributed by atoms with Crippen molar-refractivity contribution in [3.8, 4) is 17.0 Å². The second-order valence-corrected chi connectivity index (χ2v) is 5.72. The molecule has 0 saturated carbocycles. The molecule has 0 amide bonds. The SMILES string of the molecule is Cc1cc2n(n1)[C@H](c1ccccc1O)Nc1c(C)cccc1-2. The maximum absolute atomic E-state index is 10.2. The number of nitrogens with zero attached hydrogens (tertiary/aromatic N) is 2. The molecule has 1 aliphatic heterocycles. The Balaban J connectivity index is 1.97. The second-order valence-electron chi connectivity index (χ2n) is 5.72. The summed E-state index contributed by atoms with van der Waals surface area (Å²) in [5.74, 6) is 0.274. The first-order valence-electron chi connectivity index (χ1n) is 7.36. The summed E-state index contributed by atoms with van der Waals surface area (Å²) in [6, 6.07) is 15.7. The van der Waals surface area contributed by atoms with Crippen LogP contribution in [0.4, 0.5) is 5.69 Å². The average Bonchev–Trinajstić information content (AvgIpc) is 2.89. The number of benzene rings is 2. The van der Waals surface area contributed by atoms with Crippen molar-refractivity contribution in [3.63, 3.8) is 0 Å². The second kappa shape index (κ2) is 4.63. The number of fused-ring (bicyclic) bond motifs is 3. The fourth-order valence-corrected chi connectivity index (χ4v) is 3.11. The molecule has 110 valence electrons. The molecular formula is C18H17N3O. The monoisotopic (exact) mass is 291 g/mol. The molecule has 1 aromatic heterocycles. The molecule has 0 aliphatic carbocycles. The van der Waals surface area contributed by atoms with Crippen LogP contribution in [0.25, 0.3) is 11.3 Å². The molecule has 0 spiro atoms. The van der Waals surface area contributed by atoms with Gasteiger partial charge in [0.05, 0.1) is 11.4 Å². The van der Waals surface area contributed by atoms with Crippen molar-refractivity contribution in [3.05, 3.63) is 65.4 Å². The van der Waals surface area contributed by atoms with Gasteiger partial charge in [0.2, 0.25) is 0 Å². The molecule has 0 radical (unpaired) electrons. The Morgan fingerprint density at radius 1 is 1.09 bits per heavy atom. The first kappa shape index (κ1) is 13.0. The maximum Gasteiger partial charge on any atom is 0.150 e. The molecule has 0 saturated heterocycles. The van der Waals surface area contributed by atoms with E-state index in [1.807, 2.05) is 29.8 Å². The number of anilines is 1. The van der Waals surface area contributed by atoms with E-state index in [0.717, 1.165) is 28.2 Å². The molecule has 4 heteroatoms. The van der Waals surface area contributed by atoms with Crippen LogP contribution >= 0.6 is 0 Å². The van der Waals surface area contributed by atoms with E-state index in [-0.39, 0.29) is 11.9 Å². The van der Waals surface area contributed by atoms with Crippen molar-refractivity contribution >= 4 is 5.69 Å². The van der Waals surface area contributed by atoms with Crippen LogP contribution in [0.2, 0.25) is 0 Å². The standard InChI is InChI=1S/C18H17N3O/c1-11-6-5-8-13-15-10-12(2)20-21(15)18(19-17(11)13)14-7-3-4-9-16(14)22/h3-10,18-19,22H,1-2H3/t18-/m1/s1. The minimum atomic E-state index is -0.210. The van der Waals surface area contributed by atoms with Gasteiger partial charge in [0, 0.05) is 16.8 Å². The fourth-order valence-electron chi connectivity index (χ4n) is 3.11. The Labute approximate surface area is 129 Å². The molecule has 2 N–H and O–H groups in total. The molecule has 0 unspecified atom stereocenters. The molecule has 0 fully saturated rings. The summed E-state index contributed by atoms with van der Waals surface area (Å²) in [6.07, 6.45) is -0.210. The van der Waals surface area contributed by atoms with E-state index in [9.17, 15) is 5.11 Å². The highest BCUT2D eigenvalue weighted by molar-refractivity contribution is 5.81. The third-order valence-electron chi connectivity index (χ3n) is 4.16. The number of hydrogen-bond acceptors (Lipinski definition) is 3. The highest BCUT2D eigenvalue weighted by Crippen LogP contribution is 2.41. The van der Waals surface area contributed by atoms with E-state index >= 15 is 0 Å². The van der Waals surface area contributed by atoms with Crippen molar-refractivity contribution in [2.75, 3.05) is 5.32 Å². The molecule has 2 aromatic carbocycles. The van der Waals surface area contributed by atoms with Crippen molar-refractivity contribution in [2.45, 2.75) is 20.0 Å². The Bertz CT molecular complexity index is 867. The molecule has 22 heavy (non-hydrogen) atoms. The van der Waals surface area contributed by atoms with Crippen molar-refractivity contribution < 1.29 is 5.11 Å². The number of aromatic hydroxyl groups is 1. The number of rotatable bonds is 1. The summed E-state index contributed by atoms with van der Waals surface area (Å²) in [5, 5.41) is 18.4. The Kier molecular flexibility index (Phi) is 2.73. The van der Waals surface area contributed by atoms with Crippen LogP contribution in [-0.4, -0.2) is 14.9 Å². The Morgan fingerprint density at radius 3 is 2.73 bits per heavy atom. The van der Waals surface area contributed by atoms with Crippen molar-refractivity contribution in [1.82, 2.24) is 9.78 Å². The van der Waals surface area contributed by atoms with Crippen molar-refractivity contribution in [1.29, 1.82) is 0 Å². The number of nitrogens with one attached hydrogen (secondary N) is 1. The smallest absolute Gasteiger partial charge is 0.150 e. The first-order valence-corrected chi connectivity index (χ1v) is 7.36. The topological polar surface area (TPSA) is 50.1 Å². The lowest BCUT2D eigenvalue weighted by atomic mass is 10.0. The lowest BCUT2D eigenvalue weighted by Crippen LogP contribution is -2.26. The normalized spacial score (nSPS) is 15.8. The molecule has 2 heterocycles. The van der Waals surface area contributed by atoms with Crippen LogP contribution < -0.4 is 5.32 Å². The van der Waals surface area contributed by atoms with Gasteiger partial charge >= 0.3 is 0 Å². The third-order valence-corrected chi connectivity index (χ3v) is 4.16. The molecule has 3 aromatic rings. The number of aryl methyl sites for hydroxylation is 2. The van der Waals surface area contributed by atoms with Crippen LogP contribution in [0, 0.1) is 13.8 Å². The highest BCUT2D eigenvalue weighted by atomic mass is 16.3. The van der Waals surface area contributed by atoms with Crippen LogP contribution in [0.15, 0.2) is 48.5 Å². The minimum absolute atomic E-state index is 0.210. The van der Waals surface area contributed by atoms with Gasteiger partial charge in [-0.3, -0.25) is 0 Å². The van der Waals surface area contributed by atoms with Crippen LogP contribution in [0.1, 0.15) is 23.0 Å². The zero-order valence-corrected chi connectivity index (χ0v) is 12.5. The Hall–Kier alpha value is -2.75. The third kappa shape index (κ3) is 1.80. The lowest BCUT2D eigenvalue weighted by molar-refractivity contribution is 0.452. The zero-order valence-electron chi connectivity index (χ0n) is 12.5. The first-order chi connectivity index (χ1) is 10.6. The summed E-state index contributed by atoms with van der Waals surface area (Å²) in [7, 11) is 0. The molecular weight excluding hydrogens is 274 g/mol. The van der Waals surface area contributed by atoms with Crippen LogP contribution in [0.3, 0.4) is 0 Å². The summed E-state index contributed by atoms with van der Waals surface area (Å²) >= 11 is 0. The van der Waals surface area contributed by atoms with Gasteiger partial charge in [0.15, 0.2) is 6.17 Å². The summed E-state index contributed by atoms with van der Waals surface area (Å²) in [4.78, 5) is 0. The van der Waals surface area contributed by atoms with E-state index in [1.165, 1.54) is 5.56 Å². The minimum Gasteiger partial charge on any atom is -0.508 e. The predicted octanol–water partition coefficient (Wildman–Crippen LogP) is 3.84. The van der Waals surface area contributed by atoms with E-state index in [0.29, 0.717) is 0 Å². The van der Waals surface area contributed by atoms with Crippen LogP contribution in [0.5, 0.6) is 5.75 Å². The van der Waals surface area contributed by atoms with Gasteiger partial charge in [0.25, 0.3) is 0 Å². The number of aromatic nitrogens is 2. The molecule has 1 aliphatic rings. The van der Waals surface area contributed by atoms with Gasteiger partial charge in [-0.25, -0.2) is 4.68 Å². The molecule has 0 bridgehead atoms. The summed E-state index contributed by atoms with van der Waals surface area (Å²) in [6.45, 7) is 4.08. The number of phenols is 1. The van der Waals surface area contributed by atoms with Gasteiger partial charge in [-0.2, -0.15) is 5.10 Å². The van der Waals surface area contributed by atoms with E-state index < -0.39 is 0 Å². The van der Waals surface area contributed by atoms with Crippen molar-refractivity contribution in [2.24, 2.45) is 0 Å². The van der Waals surface area contributed by atoms with Gasteiger partial charge in [-0.05, 0) is 31.5 Å². The lowest BCUT2D eigenvalue weighted by Gasteiger charge is -2.30. The predicted molar refractivity (Wildman–Crippen MR) is 87.0 cm³/mol. The molecule has 1 atom stereocenters. The largest absolute Gasteiger partial charge is 0.508 e. The van der Waals surface area contributed by atoms with E-state index in [2.05, 4.69) is 41.6 Å². The quantitative estimate of drug-likeness (QED) is 0.716. The van der Waals surface area contributed by atoms with E-state index in [4.69, 9.17) is 0 Å². The van der Waals surface area contributed by atoms with Gasteiger partial charge in [-0.1, -0.05) is 36.4 Å². The van der Waals surface area contributed by atoms with Gasteiger partial charge in [0.1, 0.15) is 5.75 Å². The van der Waals surface area contributed by atoms with Gasteiger partial charge in [-0.15, -0.1) is 0 Å². The molecule has 4 nitrogen and oxygen atoms in total.